The van der Waals surface area contributed by atoms with Crippen LogP contribution in [0.3, 0.4) is 0 Å². The van der Waals surface area contributed by atoms with Crippen LogP contribution < -0.4 is 0 Å². The Morgan fingerprint density at radius 2 is 1.58 bits per heavy atom. The van der Waals surface area contributed by atoms with Crippen molar-refractivity contribution in [3.63, 3.8) is 0 Å². The van der Waals surface area contributed by atoms with Crippen LogP contribution in [0.4, 0.5) is 0 Å². The van der Waals surface area contributed by atoms with Crippen LogP contribution in [0, 0.1) is 29.1 Å². The Bertz CT molecular complexity index is 190. The highest BCUT2D eigenvalue weighted by molar-refractivity contribution is 5.01. The zero-order valence-electron chi connectivity index (χ0n) is 8.34. The van der Waals surface area contributed by atoms with Crippen LogP contribution >= 0.6 is 0 Å². The van der Waals surface area contributed by atoms with Crippen LogP contribution in [-0.4, -0.2) is 0 Å². The molecule has 0 nitrogen and oxygen atoms in total. The predicted molar refractivity (Wildman–Crippen MR) is 50.8 cm³/mol. The molecule has 0 heterocycles. The highest BCUT2D eigenvalue weighted by Gasteiger charge is 2.51. The van der Waals surface area contributed by atoms with Gasteiger partial charge in [-0.1, -0.05) is 13.8 Å². The van der Waals surface area contributed by atoms with E-state index < -0.39 is 0 Å². The van der Waals surface area contributed by atoms with Gasteiger partial charge in [-0.3, -0.25) is 0 Å². The minimum Gasteiger partial charge on any atom is -0.0620 e. The molecule has 0 aromatic rings. The van der Waals surface area contributed by atoms with E-state index in [2.05, 4.69) is 13.8 Å². The van der Waals surface area contributed by atoms with Gasteiger partial charge in [0.1, 0.15) is 0 Å². The third kappa shape index (κ3) is 0.843. The number of hydrogen-bond donors (Lipinski definition) is 0. The Morgan fingerprint density at radius 1 is 1.00 bits per heavy atom. The Kier molecular flexibility index (Phi) is 1.28. The van der Waals surface area contributed by atoms with Crippen molar-refractivity contribution in [1.29, 1.82) is 0 Å². The summed E-state index contributed by atoms with van der Waals surface area (Å²) < 4.78 is 0. The van der Waals surface area contributed by atoms with Crippen molar-refractivity contribution in [2.45, 2.75) is 46.0 Å². The first-order valence-electron chi connectivity index (χ1n) is 5.66. The van der Waals surface area contributed by atoms with Crippen molar-refractivity contribution in [2.24, 2.45) is 29.1 Å². The van der Waals surface area contributed by atoms with Gasteiger partial charge in [-0.05, 0) is 61.2 Å². The summed E-state index contributed by atoms with van der Waals surface area (Å²) in [6.07, 6.45) is 7.83. The molecule has 4 fully saturated rings. The standard InChI is InChI=1S/C12H20/c1-8-10-3-9-4-11(8)7-12(2,5-9)6-10/h8-11H,3-7H2,1-2H3/t8?,9?,10-,11-,12?/m0/s1. The maximum Gasteiger partial charge on any atom is -0.0318 e. The molecule has 0 N–H and O–H groups in total. The van der Waals surface area contributed by atoms with E-state index in [0.717, 1.165) is 29.1 Å². The van der Waals surface area contributed by atoms with E-state index in [0.29, 0.717) is 0 Å². The molecule has 0 aliphatic heterocycles. The molecule has 4 saturated carbocycles. The lowest BCUT2D eigenvalue weighted by Gasteiger charge is -2.58. The molecule has 0 spiro atoms. The van der Waals surface area contributed by atoms with Crippen LogP contribution in [-0.2, 0) is 0 Å². The Balaban J connectivity index is 1.95. The lowest BCUT2D eigenvalue weighted by Crippen LogP contribution is -2.48. The first-order chi connectivity index (χ1) is 5.66. The fourth-order valence-corrected chi connectivity index (χ4v) is 4.68. The normalized spacial score (nSPS) is 62.5. The Morgan fingerprint density at radius 3 is 2.08 bits per heavy atom. The molecule has 4 aliphatic rings. The molecule has 2 atom stereocenters. The molecule has 0 aromatic heterocycles. The van der Waals surface area contributed by atoms with Gasteiger partial charge in [-0.2, -0.15) is 0 Å². The zero-order chi connectivity index (χ0) is 8.34. The highest BCUT2D eigenvalue weighted by Crippen LogP contribution is 2.61. The van der Waals surface area contributed by atoms with Gasteiger partial charge in [0.05, 0.1) is 0 Å². The quantitative estimate of drug-likeness (QED) is 0.514. The van der Waals surface area contributed by atoms with Crippen LogP contribution in [0.15, 0.2) is 0 Å². The Hall–Kier alpha value is 0. The summed E-state index contributed by atoms with van der Waals surface area (Å²) >= 11 is 0. The van der Waals surface area contributed by atoms with Crippen molar-refractivity contribution in [3.05, 3.63) is 0 Å². The van der Waals surface area contributed by atoms with Gasteiger partial charge >= 0.3 is 0 Å². The number of hydrogen-bond acceptors (Lipinski definition) is 0. The van der Waals surface area contributed by atoms with E-state index in [4.69, 9.17) is 0 Å². The third-order valence-corrected chi connectivity index (χ3v) is 5.05. The van der Waals surface area contributed by atoms with Gasteiger partial charge < -0.3 is 0 Å². The second kappa shape index (κ2) is 2.08. The Labute approximate surface area is 75.7 Å². The summed E-state index contributed by atoms with van der Waals surface area (Å²) in [4.78, 5) is 0. The van der Waals surface area contributed by atoms with E-state index in [1.807, 2.05) is 0 Å². The second-order valence-electron chi connectivity index (χ2n) is 6.14. The fraction of sp³-hybridized carbons (Fsp3) is 1.00. The van der Waals surface area contributed by atoms with Crippen LogP contribution in [0.5, 0.6) is 0 Å². The molecule has 0 amide bonds. The van der Waals surface area contributed by atoms with Crippen molar-refractivity contribution in [2.75, 3.05) is 0 Å². The average molecular weight is 164 g/mol. The van der Waals surface area contributed by atoms with E-state index >= 15 is 0 Å². The van der Waals surface area contributed by atoms with Gasteiger partial charge in [0, 0.05) is 0 Å². The minimum atomic E-state index is 0.781. The average Bonchev–Trinajstić information content (AvgIpc) is 1.96. The van der Waals surface area contributed by atoms with Crippen LogP contribution in [0.2, 0.25) is 0 Å². The first-order valence-corrected chi connectivity index (χ1v) is 5.66. The topological polar surface area (TPSA) is 0 Å². The minimum absolute atomic E-state index is 0.781. The van der Waals surface area contributed by atoms with Gasteiger partial charge in [0.2, 0.25) is 0 Å². The van der Waals surface area contributed by atoms with Crippen LogP contribution in [0.25, 0.3) is 0 Å². The molecule has 0 saturated heterocycles. The summed E-state index contributed by atoms with van der Waals surface area (Å²) in [6.45, 7) is 5.06. The maximum atomic E-state index is 2.55. The second-order valence-corrected chi connectivity index (χ2v) is 6.14. The molecule has 12 heavy (non-hydrogen) atoms. The van der Waals surface area contributed by atoms with E-state index in [1.54, 1.807) is 32.1 Å². The molecule has 68 valence electrons. The van der Waals surface area contributed by atoms with Crippen molar-refractivity contribution in [1.82, 2.24) is 0 Å². The van der Waals surface area contributed by atoms with Gasteiger partial charge in [-0.15, -0.1) is 0 Å². The van der Waals surface area contributed by atoms with Crippen molar-refractivity contribution < 1.29 is 0 Å². The van der Waals surface area contributed by atoms with Gasteiger partial charge in [0.25, 0.3) is 0 Å². The first kappa shape index (κ1) is 7.41. The molecule has 4 aliphatic carbocycles. The van der Waals surface area contributed by atoms with Gasteiger partial charge in [0.15, 0.2) is 0 Å². The fourth-order valence-electron chi connectivity index (χ4n) is 4.68. The molecule has 0 unspecified atom stereocenters. The molecular weight excluding hydrogens is 144 g/mol. The van der Waals surface area contributed by atoms with Gasteiger partial charge in [-0.25, -0.2) is 0 Å². The monoisotopic (exact) mass is 164 g/mol. The largest absolute Gasteiger partial charge is 0.0620 e. The van der Waals surface area contributed by atoms with E-state index in [1.165, 1.54) is 0 Å². The summed E-state index contributed by atoms with van der Waals surface area (Å²) in [5, 5.41) is 0. The molecule has 0 heteroatoms. The number of rotatable bonds is 0. The molecular formula is C12H20. The summed E-state index contributed by atoms with van der Waals surface area (Å²) in [5.41, 5.74) is 0.781. The zero-order valence-corrected chi connectivity index (χ0v) is 8.34. The van der Waals surface area contributed by atoms with Crippen molar-refractivity contribution >= 4 is 0 Å². The SMILES string of the molecule is CC1[C@H]2CC3C[C@H]1CC(C)(C3)C2. The lowest BCUT2D eigenvalue weighted by atomic mass is 9.47. The third-order valence-electron chi connectivity index (χ3n) is 5.05. The van der Waals surface area contributed by atoms with E-state index in [9.17, 15) is 0 Å². The molecule has 4 rings (SSSR count). The highest BCUT2D eigenvalue weighted by atomic mass is 14.6. The molecule has 4 bridgehead atoms. The van der Waals surface area contributed by atoms with Crippen molar-refractivity contribution in [3.8, 4) is 0 Å². The summed E-state index contributed by atoms with van der Waals surface area (Å²) in [7, 11) is 0. The molecule has 0 aromatic carbocycles. The smallest absolute Gasteiger partial charge is 0.0318 e. The summed E-state index contributed by atoms with van der Waals surface area (Å²) in [6, 6.07) is 0. The van der Waals surface area contributed by atoms with E-state index in [-0.39, 0.29) is 0 Å². The maximum absolute atomic E-state index is 2.55. The summed E-state index contributed by atoms with van der Waals surface area (Å²) in [5.74, 6) is 4.42. The lowest BCUT2D eigenvalue weighted by molar-refractivity contribution is -0.0796. The molecule has 0 radical (unpaired) electrons. The predicted octanol–water partition coefficient (Wildman–Crippen LogP) is 3.47. The van der Waals surface area contributed by atoms with Crippen LogP contribution in [0.1, 0.15) is 46.0 Å².